The van der Waals surface area contributed by atoms with Crippen molar-refractivity contribution in [3.8, 4) is 5.88 Å². The van der Waals surface area contributed by atoms with E-state index in [2.05, 4.69) is 23.9 Å². The Bertz CT molecular complexity index is 702. The largest absolute Gasteiger partial charge is 0.479 e. The van der Waals surface area contributed by atoms with Crippen LogP contribution < -0.4 is 4.74 Å². The zero-order valence-electron chi connectivity index (χ0n) is 12.5. The molecule has 1 saturated carbocycles. The van der Waals surface area contributed by atoms with Crippen LogP contribution in [0.5, 0.6) is 5.88 Å². The summed E-state index contributed by atoms with van der Waals surface area (Å²) < 4.78 is 7.02. The molecule has 1 fully saturated rings. The van der Waals surface area contributed by atoms with E-state index in [1.54, 1.807) is 4.68 Å². The number of carboxylic acid groups (broad SMARTS) is 1. The number of hydrogen-bond acceptors (Lipinski definition) is 4. The highest BCUT2D eigenvalue weighted by Crippen LogP contribution is 2.44. The van der Waals surface area contributed by atoms with Crippen molar-refractivity contribution in [2.45, 2.75) is 38.5 Å². The fourth-order valence-electron chi connectivity index (χ4n) is 2.59. The van der Waals surface area contributed by atoms with Gasteiger partial charge in [0.2, 0.25) is 5.88 Å². The van der Waals surface area contributed by atoms with E-state index in [0.29, 0.717) is 17.7 Å². The van der Waals surface area contributed by atoms with Gasteiger partial charge in [-0.25, -0.2) is 4.79 Å². The van der Waals surface area contributed by atoms with Crippen molar-refractivity contribution in [1.29, 1.82) is 0 Å². The van der Waals surface area contributed by atoms with Gasteiger partial charge in [-0.15, -0.1) is 0 Å². The van der Waals surface area contributed by atoms with Crippen LogP contribution in [0.15, 0.2) is 6.07 Å². The maximum absolute atomic E-state index is 10.7. The topological polar surface area (TPSA) is 77.2 Å². The van der Waals surface area contributed by atoms with Crippen molar-refractivity contribution in [3.05, 3.63) is 17.3 Å². The second-order valence-corrected chi connectivity index (χ2v) is 5.87. The van der Waals surface area contributed by atoms with E-state index in [9.17, 15) is 4.79 Å². The van der Waals surface area contributed by atoms with Gasteiger partial charge >= 0.3 is 5.97 Å². The summed E-state index contributed by atoms with van der Waals surface area (Å²) in [5, 5.41) is 14.5. The SMILES string of the molecule is CC(C)c1cc(OCC(=O)O)nc2c1c(C1CC1)nn2C. The fourth-order valence-corrected chi connectivity index (χ4v) is 2.59. The van der Waals surface area contributed by atoms with Gasteiger partial charge in [0.1, 0.15) is 0 Å². The molecule has 1 aliphatic carbocycles. The molecule has 6 heteroatoms. The highest BCUT2D eigenvalue weighted by Gasteiger charge is 2.31. The Balaban J connectivity index is 2.13. The number of aryl methyl sites for hydroxylation is 1. The molecule has 0 atom stereocenters. The van der Waals surface area contributed by atoms with E-state index in [1.807, 2.05) is 13.1 Å². The van der Waals surface area contributed by atoms with Crippen LogP contribution in [0.3, 0.4) is 0 Å². The molecule has 21 heavy (non-hydrogen) atoms. The maximum atomic E-state index is 10.7. The highest BCUT2D eigenvalue weighted by molar-refractivity contribution is 5.84. The van der Waals surface area contributed by atoms with E-state index in [1.165, 1.54) is 12.8 Å². The molecular weight excluding hydrogens is 270 g/mol. The lowest BCUT2D eigenvalue weighted by molar-refractivity contribution is -0.139. The zero-order chi connectivity index (χ0) is 15.1. The van der Waals surface area contributed by atoms with Crippen LogP contribution in [0.4, 0.5) is 0 Å². The summed E-state index contributed by atoms with van der Waals surface area (Å²) in [5.41, 5.74) is 3.01. The molecule has 3 rings (SSSR count). The summed E-state index contributed by atoms with van der Waals surface area (Å²) in [6.07, 6.45) is 2.36. The first-order chi connectivity index (χ1) is 9.97. The number of aromatic nitrogens is 3. The van der Waals surface area contributed by atoms with Gasteiger partial charge in [-0.3, -0.25) is 4.68 Å². The van der Waals surface area contributed by atoms with E-state index < -0.39 is 5.97 Å². The van der Waals surface area contributed by atoms with E-state index in [4.69, 9.17) is 9.84 Å². The van der Waals surface area contributed by atoms with Crippen molar-refractivity contribution in [2.24, 2.45) is 7.05 Å². The summed E-state index contributed by atoms with van der Waals surface area (Å²) >= 11 is 0. The Labute approximate surface area is 122 Å². The Kier molecular flexibility index (Phi) is 3.31. The summed E-state index contributed by atoms with van der Waals surface area (Å²) in [7, 11) is 1.87. The number of ether oxygens (including phenoxy) is 1. The number of aliphatic carboxylic acids is 1. The molecule has 2 aromatic rings. The van der Waals surface area contributed by atoms with Crippen LogP contribution in [-0.4, -0.2) is 32.4 Å². The third-order valence-corrected chi connectivity index (χ3v) is 3.76. The molecule has 0 radical (unpaired) electrons. The molecule has 0 amide bonds. The average molecular weight is 289 g/mol. The maximum Gasteiger partial charge on any atom is 0.341 e. The molecule has 0 bridgehead atoms. The second-order valence-electron chi connectivity index (χ2n) is 5.87. The van der Waals surface area contributed by atoms with Gasteiger partial charge in [0.25, 0.3) is 0 Å². The van der Waals surface area contributed by atoms with E-state index in [-0.39, 0.29) is 6.61 Å². The van der Waals surface area contributed by atoms with Gasteiger partial charge in [0.05, 0.1) is 5.69 Å². The smallest absolute Gasteiger partial charge is 0.341 e. The number of nitrogens with zero attached hydrogens (tertiary/aromatic N) is 3. The Morgan fingerprint density at radius 1 is 1.52 bits per heavy atom. The lowest BCUT2D eigenvalue weighted by Crippen LogP contribution is -2.11. The average Bonchev–Trinajstić information content (AvgIpc) is 3.21. The van der Waals surface area contributed by atoms with Crippen molar-refractivity contribution in [1.82, 2.24) is 14.8 Å². The number of carbonyl (C=O) groups is 1. The number of rotatable bonds is 5. The standard InChI is InChI=1S/C15H19N3O3/c1-8(2)10-6-11(21-7-12(19)20)16-15-13(10)14(9-4-5-9)17-18(15)3/h6,8-9H,4-5,7H2,1-3H3,(H,19,20). The lowest BCUT2D eigenvalue weighted by Gasteiger charge is -2.11. The van der Waals surface area contributed by atoms with Crippen molar-refractivity contribution < 1.29 is 14.6 Å². The van der Waals surface area contributed by atoms with E-state index >= 15 is 0 Å². The minimum atomic E-state index is -1.01. The molecule has 112 valence electrons. The summed E-state index contributed by atoms with van der Waals surface area (Å²) in [6.45, 7) is 3.84. The number of carboxylic acids is 1. The molecule has 1 N–H and O–H groups in total. The minimum Gasteiger partial charge on any atom is -0.479 e. The summed E-state index contributed by atoms with van der Waals surface area (Å²) in [6, 6.07) is 1.85. The van der Waals surface area contributed by atoms with Crippen LogP contribution >= 0.6 is 0 Å². The Hall–Kier alpha value is -2.11. The number of fused-ring (bicyclic) bond motifs is 1. The second kappa shape index (κ2) is 5.02. The predicted octanol–water partition coefficient (Wildman–Crippen LogP) is 2.43. The molecule has 0 spiro atoms. The van der Waals surface area contributed by atoms with Gasteiger partial charge in [0, 0.05) is 24.4 Å². The third kappa shape index (κ3) is 2.57. The van der Waals surface area contributed by atoms with Crippen LogP contribution in [0, 0.1) is 0 Å². The van der Waals surface area contributed by atoms with Crippen molar-refractivity contribution in [3.63, 3.8) is 0 Å². The van der Waals surface area contributed by atoms with Crippen molar-refractivity contribution in [2.75, 3.05) is 6.61 Å². The molecule has 6 nitrogen and oxygen atoms in total. The summed E-state index contributed by atoms with van der Waals surface area (Å²) in [5.74, 6) is 0.175. The molecule has 0 aliphatic heterocycles. The van der Waals surface area contributed by atoms with Crippen LogP contribution in [0.25, 0.3) is 11.0 Å². The molecule has 1 aliphatic rings. The normalized spacial score (nSPS) is 14.9. The number of hydrogen-bond donors (Lipinski definition) is 1. The van der Waals surface area contributed by atoms with E-state index in [0.717, 1.165) is 22.3 Å². The molecule has 2 aromatic heterocycles. The highest BCUT2D eigenvalue weighted by atomic mass is 16.5. The third-order valence-electron chi connectivity index (χ3n) is 3.76. The zero-order valence-corrected chi connectivity index (χ0v) is 12.5. The molecule has 0 saturated heterocycles. The van der Waals surface area contributed by atoms with Gasteiger partial charge in [-0.05, 0) is 24.3 Å². The lowest BCUT2D eigenvalue weighted by atomic mass is 9.98. The first-order valence-corrected chi connectivity index (χ1v) is 7.19. The Morgan fingerprint density at radius 2 is 2.24 bits per heavy atom. The Morgan fingerprint density at radius 3 is 2.81 bits per heavy atom. The molecular formula is C15H19N3O3. The van der Waals surface area contributed by atoms with Gasteiger partial charge in [-0.1, -0.05) is 13.8 Å². The van der Waals surface area contributed by atoms with Crippen LogP contribution in [0.1, 0.15) is 49.8 Å². The van der Waals surface area contributed by atoms with Gasteiger partial charge in [0.15, 0.2) is 12.3 Å². The fraction of sp³-hybridized carbons (Fsp3) is 0.533. The van der Waals surface area contributed by atoms with Gasteiger partial charge < -0.3 is 9.84 Å². The molecule has 0 unspecified atom stereocenters. The number of pyridine rings is 1. The van der Waals surface area contributed by atoms with Crippen molar-refractivity contribution >= 4 is 17.0 Å². The molecule has 2 heterocycles. The quantitative estimate of drug-likeness (QED) is 0.914. The molecule has 0 aromatic carbocycles. The first-order valence-electron chi connectivity index (χ1n) is 7.19. The predicted molar refractivity (Wildman–Crippen MR) is 77.7 cm³/mol. The monoisotopic (exact) mass is 289 g/mol. The summed E-state index contributed by atoms with van der Waals surface area (Å²) in [4.78, 5) is 15.1. The van der Waals surface area contributed by atoms with Crippen LogP contribution in [-0.2, 0) is 11.8 Å². The first kappa shape index (κ1) is 13.9. The minimum absolute atomic E-state index is 0.296. The van der Waals surface area contributed by atoms with Gasteiger partial charge in [-0.2, -0.15) is 10.1 Å². The van der Waals surface area contributed by atoms with Crippen LogP contribution in [0.2, 0.25) is 0 Å².